The van der Waals surface area contributed by atoms with Crippen molar-refractivity contribution in [1.29, 1.82) is 0 Å². The molecule has 134 valence electrons. The molecule has 0 atom stereocenters. The van der Waals surface area contributed by atoms with Crippen molar-refractivity contribution in [2.75, 3.05) is 7.11 Å². The van der Waals surface area contributed by atoms with Crippen LogP contribution in [-0.2, 0) is 21.0 Å². The van der Waals surface area contributed by atoms with Crippen molar-refractivity contribution in [2.45, 2.75) is 11.1 Å². The van der Waals surface area contributed by atoms with Crippen LogP contribution in [0.2, 0.25) is 0 Å². The van der Waals surface area contributed by atoms with Crippen LogP contribution in [0.1, 0.15) is 15.9 Å². The number of carbonyl (C=O) groups is 1. The molecule has 2 aromatic rings. The molecule has 0 aliphatic carbocycles. The highest BCUT2D eigenvalue weighted by atomic mass is 32.2. The van der Waals surface area contributed by atoms with Gasteiger partial charge in [0.15, 0.2) is 0 Å². The van der Waals surface area contributed by atoms with Crippen molar-refractivity contribution >= 4 is 16.1 Å². The van der Waals surface area contributed by atoms with Gasteiger partial charge in [0.1, 0.15) is 16.5 Å². The maximum Gasteiger partial charge on any atom is 0.419 e. The van der Waals surface area contributed by atoms with Gasteiger partial charge in [-0.3, -0.25) is 0 Å². The molecule has 0 unspecified atom stereocenters. The van der Waals surface area contributed by atoms with E-state index in [0.29, 0.717) is 12.1 Å². The molecule has 5 nitrogen and oxygen atoms in total. The number of carbonyl (C=O) groups excluding carboxylic acids is 1. The van der Waals surface area contributed by atoms with E-state index >= 15 is 0 Å². The fraction of sp³-hybridized carbons (Fsp3) is 0.133. The first-order valence-electron chi connectivity index (χ1n) is 6.54. The lowest BCUT2D eigenvalue weighted by Crippen LogP contribution is -2.14. The van der Waals surface area contributed by atoms with Gasteiger partial charge in [-0.15, -0.1) is 0 Å². The molecule has 0 heterocycles. The molecule has 2 aromatic carbocycles. The summed E-state index contributed by atoms with van der Waals surface area (Å²) in [6, 6.07) is 5.99. The van der Waals surface area contributed by atoms with Gasteiger partial charge in [-0.2, -0.15) is 21.6 Å². The number of rotatable bonds is 4. The van der Waals surface area contributed by atoms with E-state index < -0.39 is 38.5 Å². The van der Waals surface area contributed by atoms with Gasteiger partial charge < -0.3 is 8.92 Å². The molecular weight excluding hydrogens is 368 g/mol. The zero-order chi connectivity index (χ0) is 18.8. The second kappa shape index (κ2) is 6.71. The van der Waals surface area contributed by atoms with E-state index in [1.54, 1.807) is 0 Å². The highest BCUT2D eigenvalue weighted by Gasteiger charge is 2.35. The van der Waals surface area contributed by atoms with Crippen molar-refractivity contribution in [2.24, 2.45) is 0 Å². The number of hydrogen-bond acceptors (Lipinski definition) is 5. The standard InChI is InChI=1S/C15H10F4O5S/c1-23-14(20)9-3-2-4-10(7-9)24-25(21,22)11-5-6-13(16)12(8-11)15(17,18)19/h2-8H,1H3. The summed E-state index contributed by atoms with van der Waals surface area (Å²) in [4.78, 5) is 10.5. The van der Waals surface area contributed by atoms with Gasteiger partial charge in [0, 0.05) is 0 Å². The van der Waals surface area contributed by atoms with Crippen LogP contribution in [0.15, 0.2) is 47.4 Å². The first-order chi connectivity index (χ1) is 11.5. The first-order valence-corrected chi connectivity index (χ1v) is 7.95. The predicted molar refractivity (Wildman–Crippen MR) is 77.0 cm³/mol. The molecule has 0 saturated heterocycles. The van der Waals surface area contributed by atoms with E-state index in [4.69, 9.17) is 4.18 Å². The van der Waals surface area contributed by atoms with E-state index in [1.807, 2.05) is 0 Å². The van der Waals surface area contributed by atoms with Crippen LogP contribution in [0, 0.1) is 5.82 Å². The molecular formula is C15H10F4O5S. The lowest BCUT2D eigenvalue weighted by Gasteiger charge is -2.11. The van der Waals surface area contributed by atoms with Gasteiger partial charge in [0.05, 0.1) is 18.2 Å². The van der Waals surface area contributed by atoms with Gasteiger partial charge in [0.25, 0.3) is 0 Å². The molecule has 0 spiro atoms. The van der Waals surface area contributed by atoms with Crippen molar-refractivity contribution in [3.8, 4) is 5.75 Å². The molecule has 0 radical (unpaired) electrons. The minimum absolute atomic E-state index is 0.0229. The van der Waals surface area contributed by atoms with E-state index in [2.05, 4.69) is 4.74 Å². The highest BCUT2D eigenvalue weighted by molar-refractivity contribution is 7.87. The van der Waals surface area contributed by atoms with Crippen LogP contribution < -0.4 is 4.18 Å². The second-order valence-corrected chi connectivity index (χ2v) is 6.24. The summed E-state index contributed by atoms with van der Waals surface area (Å²) in [6.07, 6.45) is -5.07. The molecule has 0 aliphatic rings. The van der Waals surface area contributed by atoms with Crippen molar-refractivity contribution < 1.29 is 39.7 Å². The zero-order valence-electron chi connectivity index (χ0n) is 12.5. The summed E-state index contributed by atoms with van der Waals surface area (Å²) in [5, 5.41) is 0. The fourth-order valence-electron chi connectivity index (χ4n) is 1.84. The predicted octanol–water partition coefficient (Wildman–Crippen LogP) is 3.40. The van der Waals surface area contributed by atoms with Crippen LogP contribution in [0.3, 0.4) is 0 Å². The average Bonchev–Trinajstić information content (AvgIpc) is 2.53. The van der Waals surface area contributed by atoms with E-state index in [-0.39, 0.29) is 17.4 Å². The summed E-state index contributed by atoms with van der Waals surface area (Å²) in [6.45, 7) is 0. The van der Waals surface area contributed by atoms with Gasteiger partial charge in [0.2, 0.25) is 0 Å². The summed E-state index contributed by atoms with van der Waals surface area (Å²) in [5.41, 5.74) is -1.76. The molecule has 10 heteroatoms. The second-order valence-electron chi connectivity index (χ2n) is 4.70. The number of methoxy groups -OCH3 is 1. The fourth-order valence-corrected chi connectivity index (χ4v) is 2.79. The van der Waals surface area contributed by atoms with Crippen LogP contribution in [-0.4, -0.2) is 21.5 Å². The Labute approximate surface area is 139 Å². The zero-order valence-corrected chi connectivity index (χ0v) is 13.3. The van der Waals surface area contributed by atoms with E-state index in [0.717, 1.165) is 13.2 Å². The molecule has 0 aromatic heterocycles. The molecule has 0 N–H and O–H groups in total. The lowest BCUT2D eigenvalue weighted by atomic mass is 10.2. The van der Waals surface area contributed by atoms with Crippen LogP contribution in [0.4, 0.5) is 17.6 Å². The third kappa shape index (κ3) is 4.27. The average molecular weight is 378 g/mol. The molecule has 0 aliphatic heterocycles. The van der Waals surface area contributed by atoms with Crippen molar-refractivity contribution in [3.63, 3.8) is 0 Å². The Kier molecular flexibility index (Phi) is 5.02. The van der Waals surface area contributed by atoms with Crippen molar-refractivity contribution in [3.05, 3.63) is 59.4 Å². The number of alkyl halides is 3. The number of esters is 1. The normalized spacial score (nSPS) is 11.9. The number of halogens is 4. The maximum absolute atomic E-state index is 13.3. The third-order valence-corrected chi connectivity index (χ3v) is 4.24. The Morgan fingerprint density at radius 2 is 1.76 bits per heavy atom. The minimum atomic E-state index is -5.07. The Balaban J connectivity index is 2.39. The van der Waals surface area contributed by atoms with Gasteiger partial charge >= 0.3 is 22.3 Å². The largest absolute Gasteiger partial charge is 0.465 e. The molecule has 25 heavy (non-hydrogen) atoms. The molecule has 0 bridgehead atoms. The third-order valence-electron chi connectivity index (χ3n) is 2.99. The van der Waals surface area contributed by atoms with Crippen molar-refractivity contribution in [1.82, 2.24) is 0 Å². The first kappa shape index (κ1) is 18.7. The Bertz CT molecular complexity index is 906. The van der Waals surface area contributed by atoms with Gasteiger partial charge in [-0.05, 0) is 36.4 Å². The Hall–Kier alpha value is -2.62. The Morgan fingerprint density at radius 3 is 2.36 bits per heavy atom. The molecule has 0 fully saturated rings. The van der Waals surface area contributed by atoms with Crippen LogP contribution >= 0.6 is 0 Å². The smallest absolute Gasteiger partial charge is 0.419 e. The van der Waals surface area contributed by atoms with Gasteiger partial charge in [-0.25, -0.2) is 9.18 Å². The monoisotopic (exact) mass is 378 g/mol. The molecule has 0 saturated carbocycles. The summed E-state index contributed by atoms with van der Waals surface area (Å²) >= 11 is 0. The Morgan fingerprint density at radius 1 is 1.08 bits per heavy atom. The summed E-state index contributed by atoms with van der Waals surface area (Å²) in [7, 11) is -3.57. The topological polar surface area (TPSA) is 69.7 Å². The molecule has 2 rings (SSSR count). The quantitative estimate of drug-likeness (QED) is 0.463. The maximum atomic E-state index is 13.3. The lowest BCUT2D eigenvalue weighted by molar-refractivity contribution is -0.140. The van der Waals surface area contributed by atoms with E-state index in [9.17, 15) is 30.8 Å². The highest BCUT2D eigenvalue weighted by Crippen LogP contribution is 2.33. The van der Waals surface area contributed by atoms with Crippen LogP contribution in [0.5, 0.6) is 5.75 Å². The molecule has 0 amide bonds. The minimum Gasteiger partial charge on any atom is -0.465 e. The van der Waals surface area contributed by atoms with Gasteiger partial charge in [-0.1, -0.05) is 6.07 Å². The summed E-state index contributed by atoms with van der Waals surface area (Å²) in [5.74, 6) is -2.69. The number of benzene rings is 2. The SMILES string of the molecule is COC(=O)c1cccc(OS(=O)(=O)c2ccc(F)c(C(F)(F)F)c2)c1. The van der Waals surface area contributed by atoms with Crippen LogP contribution in [0.25, 0.3) is 0 Å². The summed E-state index contributed by atoms with van der Waals surface area (Å²) < 4.78 is 84.7. The number of ether oxygens (including phenoxy) is 1. The number of hydrogen-bond donors (Lipinski definition) is 0. The van der Waals surface area contributed by atoms with E-state index in [1.165, 1.54) is 18.2 Å².